The summed E-state index contributed by atoms with van der Waals surface area (Å²) in [5.41, 5.74) is 16.5. The number of amides is 3. The lowest BCUT2D eigenvalue weighted by Gasteiger charge is -2.27. The van der Waals surface area contributed by atoms with Crippen molar-refractivity contribution in [2.24, 2.45) is 28.1 Å². The highest BCUT2D eigenvalue weighted by Crippen LogP contribution is 2.08. The van der Waals surface area contributed by atoms with Gasteiger partial charge in [-0.05, 0) is 25.7 Å². The number of nitrogens with two attached hydrogens (primary N) is 3. The van der Waals surface area contributed by atoms with E-state index in [-0.39, 0.29) is 30.6 Å². The number of thiol groups is 1. The van der Waals surface area contributed by atoms with Crippen LogP contribution in [0.4, 0.5) is 0 Å². The minimum atomic E-state index is -1.47. The molecule has 0 bridgehead atoms. The lowest BCUT2D eigenvalue weighted by molar-refractivity contribution is -0.142. The molecule has 6 atom stereocenters. The van der Waals surface area contributed by atoms with E-state index in [2.05, 4.69) is 33.6 Å². The van der Waals surface area contributed by atoms with Gasteiger partial charge in [-0.1, -0.05) is 20.3 Å². The summed E-state index contributed by atoms with van der Waals surface area (Å²) >= 11 is 3.86. The van der Waals surface area contributed by atoms with Crippen LogP contribution in [0.15, 0.2) is 4.99 Å². The number of carbonyl (C=O) groups is 4. The van der Waals surface area contributed by atoms with Crippen LogP contribution in [0.25, 0.3) is 0 Å². The van der Waals surface area contributed by atoms with Gasteiger partial charge in [0.15, 0.2) is 5.96 Å². The second-order valence-electron chi connectivity index (χ2n) is 7.73. The topological polar surface area (TPSA) is 235 Å². The number of aliphatic imine (C=N–C) groups is 1. The standard InChI is InChI=1S/C19H37N7O6S/c1-4-9(2)13(20)16(29)24-11(6-5-7-23-19(21)22)15(28)26-14(10(3)27)17(30)25-12(8-33)18(31)32/h9-14,27,33H,4-8,20H2,1-3H3,(H,24,29)(H,25,30)(H,26,28)(H,31,32)(H4,21,22,23). The Morgan fingerprint density at radius 1 is 1.00 bits per heavy atom. The van der Waals surface area contributed by atoms with E-state index in [1.807, 2.05) is 6.92 Å². The van der Waals surface area contributed by atoms with E-state index in [1.165, 1.54) is 6.92 Å². The molecule has 0 saturated carbocycles. The summed E-state index contributed by atoms with van der Waals surface area (Å²) in [5.74, 6) is -4.01. The molecule has 0 spiro atoms. The predicted octanol–water partition coefficient (Wildman–Crippen LogP) is -2.74. The maximum absolute atomic E-state index is 12.9. The van der Waals surface area contributed by atoms with Crippen LogP contribution in [0.1, 0.15) is 40.0 Å². The molecule has 33 heavy (non-hydrogen) atoms. The Kier molecular flexibility index (Phi) is 14.1. The number of nitrogens with one attached hydrogen (secondary N) is 3. The van der Waals surface area contributed by atoms with Crippen molar-refractivity contribution >= 4 is 42.3 Å². The van der Waals surface area contributed by atoms with Crippen molar-refractivity contribution in [1.29, 1.82) is 0 Å². The van der Waals surface area contributed by atoms with Gasteiger partial charge in [-0.15, -0.1) is 0 Å². The minimum absolute atomic E-state index is 0.115. The molecule has 0 rings (SSSR count). The molecule has 0 aromatic carbocycles. The summed E-state index contributed by atoms with van der Waals surface area (Å²) in [4.78, 5) is 52.9. The molecular formula is C19H37N7O6S. The average molecular weight is 492 g/mol. The van der Waals surface area contributed by atoms with Gasteiger partial charge >= 0.3 is 5.97 Å². The first kappa shape index (κ1) is 30.4. The van der Waals surface area contributed by atoms with Crippen molar-refractivity contribution in [2.45, 2.75) is 70.3 Å². The zero-order chi connectivity index (χ0) is 25.7. The van der Waals surface area contributed by atoms with Crippen LogP contribution in [0, 0.1) is 5.92 Å². The summed E-state index contributed by atoms with van der Waals surface area (Å²) in [6, 6.07) is -4.75. The van der Waals surface area contributed by atoms with Crippen LogP contribution < -0.4 is 33.2 Å². The monoisotopic (exact) mass is 491 g/mol. The van der Waals surface area contributed by atoms with Crippen molar-refractivity contribution in [3.05, 3.63) is 0 Å². The van der Waals surface area contributed by atoms with Gasteiger partial charge in [0.25, 0.3) is 0 Å². The van der Waals surface area contributed by atoms with Crippen molar-refractivity contribution in [1.82, 2.24) is 16.0 Å². The van der Waals surface area contributed by atoms with E-state index >= 15 is 0 Å². The number of carboxylic acid groups (broad SMARTS) is 1. The highest BCUT2D eigenvalue weighted by atomic mass is 32.1. The van der Waals surface area contributed by atoms with E-state index in [9.17, 15) is 24.3 Å². The Hall–Kier alpha value is -2.58. The summed E-state index contributed by atoms with van der Waals surface area (Å²) in [6.45, 7) is 5.12. The van der Waals surface area contributed by atoms with Crippen LogP contribution >= 0.6 is 12.6 Å². The fourth-order valence-corrected chi connectivity index (χ4v) is 2.91. The van der Waals surface area contributed by atoms with Crippen molar-refractivity contribution < 1.29 is 29.4 Å². The Morgan fingerprint density at radius 2 is 1.58 bits per heavy atom. The van der Waals surface area contributed by atoms with Crippen LogP contribution in [0.3, 0.4) is 0 Å². The number of nitrogens with zero attached hydrogens (tertiary/aromatic N) is 1. The zero-order valence-corrected chi connectivity index (χ0v) is 20.0. The maximum Gasteiger partial charge on any atom is 0.327 e. The number of aliphatic hydroxyl groups is 1. The summed E-state index contributed by atoms with van der Waals surface area (Å²) in [6.07, 6.45) is -0.273. The molecule has 0 heterocycles. The van der Waals surface area contributed by atoms with Gasteiger partial charge in [-0.25, -0.2) is 4.79 Å². The molecule has 0 aliphatic heterocycles. The van der Waals surface area contributed by atoms with Gasteiger partial charge in [0.1, 0.15) is 18.1 Å². The first-order valence-electron chi connectivity index (χ1n) is 10.6. The lowest BCUT2D eigenvalue weighted by atomic mass is 9.98. The summed E-state index contributed by atoms with van der Waals surface area (Å²) in [7, 11) is 0. The van der Waals surface area contributed by atoms with E-state index in [4.69, 9.17) is 22.3 Å². The molecule has 0 aliphatic carbocycles. The highest BCUT2D eigenvalue weighted by Gasteiger charge is 2.32. The first-order chi connectivity index (χ1) is 15.3. The number of hydrogen-bond donors (Lipinski definition) is 9. The van der Waals surface area contributed by atoms with Crippen LogP contribution in [-0.4, -0.2) is 82.4 Å². The Morgan fingerprint density at radius 3 is 2.03 bits per heavy atom. The third-order valence-electron chi connectivity index (χ3n) is 5.00. The van der Waals surface area contributed by atoms with Gasteiger partial charge in [0.05, 0.1) is 12.1 Å². The normalized spacial score (nSPS) is 16.3. The number of carbonyl (C=O) groups excluding carboxylic acids is 3. The molecule has 0 aromatic heterocycles. The summed E-state index contributed by atoms with van der Waals surface area (Å²) < 4.78 is 0. The molecule has 0 saturated heterocycles. The van der Waals surface area contributed by atoms with Crippen LogP contribution in [-0.2, 0) is 19.2 Å². The summed E-state index contributed by atoms with van der Waals surface area (Å²) in [5, 5.41) is 26.2. The van der Waals surface area contributed by atoms with E-state index in [0.29, 0.717) is 12.8 Å². The third-order valence-corrected chi connectivity index (χ3v) is 5.36. The van der Waals surface area contributed by atoms with Crippen LogP contribution in [0.2, 0.25) is 0 Å². The second kappa shape index (κ2) is 15.3. The first-order valence-corrected chi connectivity index (χ1v) is 11.2. The average Bonchev–Trinajstić information content (AvgIpc) is 2.75. The molecule has 13 nitrogen and oxygen atoms in total. The number of hydrogen-bond acceptors (Lipinski definition) is 8. The van der Waals surface area contributed by atoms with E-state index in [1.54, 1.807) is 6.92 Å². The lowest BCUT2D eigenvalue weighted by Crippen LogP contribution is -2.60. The Labute approximate surface area is 198 Å². The van der Waals surface area contributed by atoms with Gasteiger partial charge in [-0.2, -0.15) is 12.6 Å². The van der Waals surface area contributed by atoms with Crippen molar-refractivity contribution in [3.8, 4) is 0 Å². The maximum atomic E-state index is 12.9. The highest BCUT2D eigenvalue weighted by molar-refractivity contribution is 7.80. The molecule has 14 heteroatoms. The quantitative estimate of drug-likeness (QED) is 0.0499. The smallest absolute Gasteiger partial charge is 0.327 e. The SMILES string of the molecule is CCC(C)C(N)C(=O)NC(CCCN=C(N)N)C(=O)NC(C(=O)NC(CS)C(=O)O)C(C)O. The number of aliphatic hydroxyl groups excluding tert-OH is 1. The van der Waals surface area contributed by atoms with Gasteiger partial charge in [0.2, 0.25) is 17.7 Å². The minimum Gasteiger partial charge on any atom is -0.480 e. The van der Waals surface area contributed by atoms with Gasteiger partial charge in [-0.3, -0.25) is 19.4 Å². The molecule has 3 amide bonds. The van der Waals surface area contributed by atoms with E-state index < -0.39 is 54.0 Å². The third kappa shape index (κ3) is 11.2. The Balaban J connectivity index is 5.49. The molecule has 6 unspecified atom stereocenters. The van der Waals surface area contributed by atoms with Crippen LogP contribution in [0.5, 0.6) is 0 Å². The fourth-order valence-electron chi connectivity index (χ4n) is 2.66. The molecule has 0 radical (unpaired) electrons. The fraction of sp³-hybridized carbons (Fsp3) is 0.737. The number of rotatable bonds is 15. The molecule has 11 N–H and O–H groups in total. The second-order valence-corrected chi connectivity index (χ2v) is 8.10. The van der Waals surface area contributed by atoms with Gasteiger partial charge < -0.3 is 43.4 Å². The number of guanidine groups is 1. The van der Waals surface area contributed by atoms with Gasteiger partial charge in [0, 0.05) is 12.3 Å². The number of carboxylic acids is 1. The zero-order valence-electron chi connectivity index (χ0n) is 19.2. The van der Waals surface area contributed by atoms with Crippen molar-refractivity contribution in [3.63, 3.8) is 0 Å². The van der Waals surface area contributed by atoms with Crippen molar-refractivity contribution in [2.75, 3.05) is 12.3 Å². The predicted molar refractivity (Wildman–Crippen MR) is 126 cm³/mol. The molecular weight excluding hydrogens is 454 g/mol. The molecule has 190 valence electrons. The molecule has 0 fully saturated rings. The molecule has 0 aromatic rings. The van der Waals surface area contributed by atoms with E-state index in [0.717, 1.165) is 0 Å². The Bertz CT molecular complexity index is 702. The largest absolute Gasteiger partial charge is 0.480 e. The molecule has 0 aliphatic rings. The number of aliphatic carboxylic acids is 1.